The van der Waals surface area contributed by atoms with Gasteiger partial charge in [-0.3, -0.25) is 4.98 Å². The number of halogens is 6. The zero-order chi connectivity index (χ0) is 29.9. The first-order chi connectivity index (χ1) is 18.3. The van der Waals surface area contributed by atoms with Crippen LogP contribution in [0.4, 0.5) is 26.3 Å². The van der Waals surface area contributed by atoms with E-state index in [4.69, 9.17) is 0 Å². The quantitative estimate of drug-likeness (QED) is 0.182. The molecule has 40 heavy (non-hydrogen) atoms. The zero-order valence-corrected chi connectivity index (χ0v) is 22.0. The molecule has 2 aromatic heterocycles. The van der Waals surface area contributed by atoms with Crippen molar-refractivity contribution in [3.8, 4) is 22.3 Å². The number of alkyl halides is 6. The molecule has 0 aliphatic carbocycles. The topological polar surface area (TPSA) is 94.2 Å². The van der Waals surface area contributed by atoms with Crippen molar-refractivity contribution in [2.45, 2.75) is 36.5 Å². The van der Waals surface area contributed by atoms with Crippen molar-refractivity contribution in [1.29, 1.82) is 0 Å². The first kappa shape index (κ1) is 29.3. The average Bonchev–Trinajstić information content (AvgIpc) is 2.85. The maximum absolute atomic E-state index is 13.3. The standard InChI is InChI=1S/C27H22F6N2O4S/c1-24(2,40(3,38)39)20-13-18-8-5-11-34-23(18)21(14-20)17-7-4-6-16(12-17)19-9-10-22(35(37)15-19)25(36,26(28,29)30)27(31,32)33/h4-15,36H,1-3H3. The second kappa shape index (κ2) is 9.44. The Balaban J connectivity index is 1.88. The van der Waals surface area contributed by atoms with Gasteiger partial charge in [-0.15, -0.1) is 0 Å². The highest BCUT2D eigenvalue weighted by Crippen LogP contribution is 2.49. The largest absolute Gasteiger partial charge is 0.618 e. The molecule has 0 unspecified atom stereocenters. The van der Waals surface area contributed by atoms with E-state index in [1.54, 1.807) is 56.4 Å². The average molecular weight is 585 g/mol. The van der Waals surface area contributed by atoms with Crippen molar-refractivity contribution in [2.75, 3.05) is 6.26 Å². The van der Waals surface area contributed by atoms with E-state index in [1.807, 2.05) is 0 Å². The Kier molecular flexibility index (Phi) is 6.91. The van der Waals surface area contributed by atoms with Crippen LogP contribution < -0.4 is 4.73 Å². The lowest BCUT2D eigenvalue weighted by molar-refractivity contribution is -0.633. The number of aliphatic hydroxyl groups is 1. The number of rotatable bonds is 5. The Morgan fingerprint density at radius 2 is 1.48 bits per heavy atom. The van der Waals surface area contributed by atoms with Crippen LogP contribution in [0.25, 0.3) is 33.2 Å². The third kappa shape index (κ3) is 4.77. The third-order valence-corrected chi connectivity index (χ3v) is 9.03. The first-order valence-corrected chi connectivity index (χ1v) is 13.5. The summed E-state index contributed by atoms with van der Waals surface area (Å²) in [5.74, 6) is 0. The summed E-state index contributed by atoms with van der Waals surface area (Å²) in [5, 5.41) is 22.7. The summed E-state index contributed by atoms with van der Waals surface area (Å²) in [6.45, 7) is 3.11. The molecule has 0 aliphatic rings. The molecule has 0 amide bonds. The molecule has 2 aromatic carbocycles. The number of sulfone groups is 1. The molecular weight excluding hydrogens is 562 g/mol. The van der Waals surface area contributed by atoms with Gasteiger partial charge in [-0.25, -0.2) is 8.42 Å². The highest BCUT2D eigenvalue weighted by atomic mass is 32.2. The van der Waals surface area contributed by atoms with Crippen LogP contribution in [0.5, 0.6) is 0 Å². The van der Waals surface area contributed by atoms with E-state index in [0.29, 0.717) is 33.8 Å². The molecule has 0 saturated heterocycles. The third-order valence-electron chi connectivity index (χ3n) is 6.94. The SMILES string of the molecule is CC(C)(c1cc(-c2cccc(-c3ccc(C(O)(C(F)(F)F)C(F)(F)F)[n+]([O-])c3)c2)c2ncccc2c1)S(C)(=O)=O. The van der Waals surface area contributed by atoms with Gasteiger partial charge in [0.25, 0.3) is 0 Å². The molecule has 0 atom stereocenters. The molecule has 6 nitrogen and oxygen atoms in total. The zero-order valence-electron chi connectivity index (χ0n) is 21.2. The molecule has 0 spiro atoms. The van der Waals surface area contributed by atoms with Crippen molar-refractivity contribution < 1.29 is 44.6 Å². The minimum Gasteiger partial charge on any atom is -0.618 e. The predicted octanol–water partition coefficient (Wildman–Crippen LogP) is 5.79. The molecule has 2 heterocycles. The van der Waals surface area contributed by atoms with Gasteiger partial charge in [0.15, 0.2) is 16.0 Å². The number of benzene rings is 2. The summed E-state index contributed by atoms with van der Waals surface area (Å²) < 4.78 is 103. The molecule has 13 heteroatoms. The van der Waals surface area contributed by atoms with Crippen molar-refractivity contribution in [1.82, 2.24) is 4.98 Å². The Hall–Kier alpha value is -3.71. The fourth-order valence-electron chi connectivity index (χ4n) is 4.22. The van der Waals surface area contributed by atoms with Crippen LogP contribution in [-0.2, 0) is 20.2 Å². The van der Waals surface area contributed by atoms with Crippen molar-refractivity contribution in [2.24, 2.45) is 0 Å². The Morgan fingerprint density at radius 3 is 2.05 bits per heavy atom. The van der Waals surface area contributed by atoms with E-state index in [9.17, 15) is 45.1 Å². The van der Waals surface area contributed by atoms with Gasteiger partial charge in [0.1, 0.15) is 0 Å². The highest BCUT2D eigenvalue weighted by Gasteiger charge is 2.75. The number of aromatic nitrogens is 2. The van der Waals surface area contributed by atoms with E-state index in [0.717, 1.165) is 12.3 Å². The summed E-state index contributed by atoms with van der Waals surface area (Å²) in [4.78, 5) is 4.40. The van der Waals surface area contributed by atoms with E-state index in [2.05, 4.69) is 4.98 Å². The Bertz CT molecular complexity index is 1700. The molecular formula is C27H22F6N2O4S. The van der Waals surface area contributed by atoms with Gasteiger partial charge in [-0.2, -0.15) is 31.1 Å². The molecule has 4 aromatic rings. The van der Waals surface area contributed by atoms with Crippen LogP contribution in [0.3, 0.4) is 0 Å². The van der Waals surface area contributed by atoms with Crippen LogP contribution in [0.1, 0.15) is 25.1 Å². The highest BCUT2D eigenvalue weighted by molar-refractivity contribution is 7.91. The summed E-state index contributed by atoms with van der Waals surface area (Å²) in [7, 11) is -3.55. The lowest BCUT2D eigenvalue weighted by Gasteiger charge is -2.30. The van der Waals surface area contributed by atoms with Gasteiger partial charge in [0.2, 0.25) is 5.69 Å². The van der Waals surface area contributed by atoms with Crippen molar-refractivity contribution >= 4 is 20.7 Å². The number of fused-ring (bicyclic) bond motifs is 1. The summed E-state index contributed by atoms with van der Waals surface area (Å²) in [6.07, 6.45) is -9.26. The Labute approximate surface area is 225 Å². The second-order valence-corrected chi connectivity index (χ2v) is 12.4. The minimum atomic E-state index is -6.21. The van der Waals surface area contributed by atoms with E-state index in [1.165, 1.54) is 12.1 Å². The number of hydrogen-bond donors (Lipinski definition) is 1. The molecule has 0 aliphatic heterocycles. The summed E-state index contributed by atoms with van der Waals surface area (Å²) >= 11 is 0. The second-order valence-electron chi connectivity index (χ2n) is 9.80. The molecule has 0 saturated carbocycles. The summed E-state index contributed by atoms with van der Waals surface area (Å²) in [5.41, 5.74) is -5.10. The fourth-order valence-corrected chi connectivity index (χ4v) is 4.77. The number of pyridine rings is 2. The molecule has 0 fully saturated rings. The van der Waals surface area contributed by atoms with Gasteiger partial charge >= 0.3 is 18.0 Å². The molecule has 4 rings (SSSR count). The van der Waals surface area contributed by atoms with Crippen LogP contribution in [0, 0.1) is 5.21 Å². The van der Waals surface area contributed by atoms with Gasteiger partial charge in [-0.05, 0) is 60.9 Å². The molecule has 0 bridgehead atoms. The smallest absolute Gasteiger partial charge is 0.436 e. The normalized spacial score (nSPS) is 13.6. The Morgan fingerprint density at radius 1 is 0.850 bits per heavy atom. The number of hydrogen-bond acceptors (Lipinski definition) is 5. The molecule has 1 N–H and O–H groups in total. The van der Waals surface area contributed by atoms with Crippen molar-refractivity contribution in [3.05, 3.63) is 89.5 Å². The minimum absolute atomic E-state index is 0.0304. The predicted molar refractivity (Wildman–Crippen MR) is 135 cm³/mol. The van der Waals surface area contributed by atoms with Crippen molar-refractivity contribution in [3.63, 3.8) is 0 Å². The molecule has 0 radical (unpaired) electrons. The van der Waals surface area contributed by atoms with E-state index < -0.39 is 43.0 Å². The van der Waals surface area contributed by atoms with Gasteiger partial charge in [0.05, 0.1) is 10.3 Å². The molecule has 212 valence electrons. The van der Waals surface area contributed by atoms with Crippen LogP contribution >= 0.6 is 0 Å². The maximum atomic E-state index is 13.3. The van der Waals surface area contributed by atoms with E-state index in [-0.39, 0.29) is 17.2 Å². The monoisotopic (exact) mass is 584 g/mol. The maximum Gasteiger partial charge on any atom is 0.436 e. The van der Waals surface area contributed by atoms with Crippen LogP contribution in [0.15, 0.2) is 73.1 Å². The lowest BCUT2D eigenvalue weighted by Crippen LogP contribution is -2.59. The van der Waals surface area contributed by atoms with Crippen LogP contribution in [0.2, 0.25) is 0 Å². The fraction of sp³-hybridized carbons (Fsp3) is 0.259. The first-order valence-electron chi connectivity index (χ1n) is 11.6. The summed E-state index contributed by atoms with van der Waals surface area (Å²) in [6, 6.07) is 14.2. The van der Waals surface area contributed by atoms with Crippen LogP contribution in [-0.4, -0.2) is 37.1 Å². The number of nitrogens with zero attached hydrogens (tertiary/aromatic N) is 2. The van der Waals surface area contributed by atoms with Gasteiger partial charge in [-0.1, -0.05) is 24.3 Å². The van der Waals surface area contributed by atoms with Gasteiger partial charge < -0.3 is 10.3 Å². The van der Waals surface area contributed by atoms with E-state index >= 15 is 0 Å². The lowest BCUT2D eigenvalue weighted by atomic mass is 9.92. The van der Waals surface area contributed by atoms with Gasteiger partial charge in [0, 0.05) is 35.0 Å².